The highest BCUT2D eigenvalue weighted by Gasteiger charge is 2.10. The second-order valence-electron chi connectivity index (χ2n) is 7.86. The largest absolute Gasteiger partial charge is 0.466 e. The van der Waals surface area contributed by atoms with Crippen molar-refractivity contribution in [3.63, 3.8) is 0 Å². The van der Waals surface area contributed by atoms with Gasteiger partial charge in [-0.1, -0.05) is 59.0 Å². The van der Waals surface area contributed by atoms with E-state index in [9.17, 15) is 14.4 Å². The van der Waals surface area contributed by atoms with Crippen LogP contribution in [0.4, 0.5) is 0 Å². The number of hydrogen-bond donors (Lipinski definition) is 0. The first-order valence-electron chi connectivity index (χ1n) is 11.5. The summed E-state index contributed by atoms with van der Waals surface area (Å²) in [5.41, 5.74) is 0.349. The fourth-order valence-electron chi connectivity index (χ4n) is 2.85. The summed E-state index contributed by atoms with van der Waals surface area (Å²) in [6.07, 6.45) is 10.3. The number of ether oxygens (including phenoxy) is 3. The van der Waals surface area contributed by atoms with E-state index in [-0.39, 0.29) is 25.0 Å². The lowest BCUT2D eigenvalue weighted by Crippen LogP contribution is -2.13. The SMILES string of the molecule is C=C(C)C(=O)OCCCC(=O)OCCCCCCCC(=O)OCC(CC)CCCC. The van der Waals surface area contributed by atoms with Crippen LogP contribution in [0.15, 0.2) is 12.2 Å². The van der Waals surface area contributed by atoms with Crippen molar-refractivity contribution in [2.24, 2.45) is 5.92 Å². The van der Waals surface area contributed by atoms with E-state index in [1.807, 2.05) is 0 Å². The smallest absolute Gasteiger partial charge is 0.333 e. The molecule has 6 nitrogen and oxygen atoms in total. The lowest BCUT2D eigenvalue weighted by Gasteiger charge is -2.14. The topological polar surface area (TPSA) is 78.9 Å². The van der Waals surface area contributed by atoms with Crippen molar-refractivity contribution in [1.82, 2.24) is 0 Å². The number of rotatable bonds is 19. The van der Waals surface area contributed by atoms with Crippen molar-refractivity contribution in [3.8, 4) is 0 Å². The van der Waals surface area contributed by atoms with Gasteiger partial charge >= 0.3 is 17.9 Å². The van der Waals surface area contributed by atoms with Crippen LogP contribution >= 0.6 is 0 Å². The van der Waals surface area contributed by atoms with E-state index in [1.54, 1.807) is 6.92 Å². The molecule has 0 N–H and O–H groups in total. The Morgan fingerprint density at radius 2 is 1.37 bits per heavy atom. The van der Waals surface area contributed by atoms with Gasteiger partial charge in [0.2, 0.25) is 0 Å². The van der Waals surface area contributed by atoms with Crippen molar-refractivity contribution in [2.75, 3.05) is 19.8 Å². The first-order chi connectivity index (χ1) is 14.4. The van der Waals surface area contributed by atoms with Crippen LogP contribution in [0.5, 0.6) is 0 Å². The highest BCUT2D eigenvalue weighted by atomic mass is 16.5. The van der Waals surface area contributed by atoms with Crippen LogP contribution in [0.1, 0.15) is 97.8 Å². The van der Waals surface area contributed by atoms with Crippen LogP contribution in [0.25, 0.3) is 0 Å². The fourth-order valence-corrected chi connectivity index (χ4v) is 2.85. The Kier molecular flexibility index (Phi) is 18.0. The first-order valence-corrected chi connectivity index (χ1v) is 11.5. The molecule has 174 valence electrons. The van der Waals surface area contributed by atoms with Crippen molar-refractivity contribution in [1.29, 1.82) is 0 Å². The van der Waals surface area contributed by atoms with E-state index in [2.05, 4.69) is 20.4 Å². The first kappa shape index (κ1) is 28.1. The van der Waals surface area contributed by atoms with Gasteiger partial charge in [-0.2, -0.15) is 0 Å². The van der Waals surface area contributed by atoms with Crippen molar-refractivity contribution < 1.29 is 28.6 Å². The predicted octanol–water partition coefficient (Wildman–Crippen LogP) is 5.53. The molecule has 30 heavy (non-hydrogen) atoms. The van der Waals surface area contributed by atoms with Crippen molar-refractivity contribution in [2.45, 2.75) is 97.8 Å². The molecule has 0 heterocycles. The predicted molar refractivity (Wildman–Crippen MR) is 118 cm³/mol. The van der Waals surface area contributed by atoms with Gasteiger partial charge in [0, 0.05) is 18.4 Å². The second-order valence-corrected chi connectivity index (χ2v) is 7.86. The highest BCUT2D eigenvalue weighted by molar-refractivity contribution is 5.86. The van der Waals surface area contributed by atoms with Gasteiger partial charge in [-0.15, -0.1) is 0 Å². The molecule has 0 saturated carbocycles. The summed E-state index contributed by atoms with van der Waals surface area (Å²) in [6, 6.07) is 0. The maximum atomic E-state index is 11.8. The number of esters is 3. The molecular weight excluding hydrogens is 384 g/mol. The molecule has 0 saturated heterocycles. The van der Waals surface area contributed by atoms with E-state index in [4.69, 9.17) is 14.2 Å². The fraction of sp³-hybridized carbons (Fsp3) is 0.792. The summed E-state index contributed by atoms with van der Waals surface area (Å²) < 4.78 is 15.5. The number of carbonyl (C=O) groups excluding carboxylic acids is 3. The monoisotopic (exact) mass is 426 g/mol. The molecule has 0 rings (SSSR count). The van der Waals surface area contributed by atoms with Gasteiger partial charge in [-0.05, 0) is 38.5 Å². The zero-order valence-corrected chi connectivity index (χ0v) is 19.3. The molecule has 0 aliphatic rings. The van der Waals surface area contributed by atoms with Crippen LogP contribution in [0.2, 0.25) is 0 Å². The quantitative estimate of drug-likeness (QED) is 0.117. The molecule has 0 radical (unpaired) electrons. The molecule has 0 aromatic carbocycles. The van der Waals surface area contributed by atoms with Crippen molar-refractivity contribution >= 4 is 17.9 Å². The normalized spacial score (nSPS) is 11.6. The summed E-state index contributed by atoms with van der Waals surface area (Å²) in [6.45, 7) is 10.5. The van der Waals surface area contributed by atoms with Crippen LogP contribution in [-0.2, 0) is 28.6 Å². The molecule has 0 aromatic heterocycles. The van der Waals surface area contributed by atoms with Gasteiger partial charge in [0.25, 0.3) is 0 Å². The van der Waals surface area contributed by atoms with E-state index < -0.39 is 5.97 Å². The molecule has 1 atom stereocenters. The molecule has 0 aliphatic carbocycles. The van der Waals surface area contributed by atoms with Gasteiger partial charge in [0.05, 0.1) is 19.8 Å². The number of carbonyl (C=O) groups is 3. The molecule has 1 unspecified atom stereocenters. The zero-order chi connectivity index (χ0) is 22.6. The molecule has 6 heteroatoms. The van der Waals surface area contributed by atoms with Crippen LogP contribution in [0, 0.1) is 5.92 Å². The van der Waals surface area contributed by atoms with Gasteiger partial charge in [0.1, 0.15) is 0 Å². The molecular formula is C24H42O6. The molecule has 0 spiro atoms. The minimum Gasteiger partial charge on any atom is -0.466 e. The Labute approximate surface area is 182 Å². The van der Waals surface area contributed by atoms with E-state index >= 15 is 0 Å². The van der Waals surface area contributed by atoms with E-state index in [0.717, 1.165) is 44.9 Å². The lowest BCUT2D eigenvalue weighted by molar-refractivity contribution is -0.146. The summed E-state index contributed by atoms with van der Waals surface area (Å²) in [4.78, 5) is 34.6. The number of hydrogen-bond acceptors (Lipinski definition) is 6. The van der Waals surface area contributed by atoms with E-state index in [1.165, 1.54) is 12.8 Å². The summed E-state index contributed by atoms with van der Waals surface area (Å²) >= 11 is 0. The van der Waals surface area contributed by atoms with Gasteiger partial charge in [-0.25, -0.2) is 4.79 Å². The Morgan fingerprint density at radius 3 is 2.03 bits per heavy atom. The Morgan fingerprint density at radius 1 is 0.767 bits per heavy atom. The van der Waals surface area contributed by atoms with Gasteiger partial charge in [0.15, 0.2) is 0 Å². The molecule has 0 amide bonds. The Hall–Kier alpha value is -1.85. The Bertz CT molecular complexity index is 500. The summed E-state index contributed by atoms with van der Waals surface area (Å²) in [7, 11) is 0. The molecule has 0 aliphatic heterocycles. The van der Waals surface area contributed by atoms with E-state index in [0.29, 0.717) is 37.5 Å². The third-order valence-electron chi connectivity index (χ3n) is 4.92. The third kappa shape index (κ3) is 17.0. The summed E-state index contributed by atoms with van der Waals surface area (Å²) in [5, 5.41) is 0. The minimum atomic E-state index is -0.436. The van der Waals surface area contributed by atoms with Crippen LogP contribution in [-0.4, -0.2) is 37.7 Å². The average molecular weight is 427 g/mol. The Balaban J connectivity index is 3.50. The average Bonchev–Trinajstić information content (AvgIpc) is 2.72. The second kappa shape index (κ2) is 19.1. The van der Waals surface area contributed by atoms with Crippen molar-refractivity contribution in [3.05, 3.63) is 12.2 Å². The zero-order valence-electron chi connectivity index (χ0n) is 19.3. The van der Waals surface area contributed by atoms with Gasteiger partial charge < -0.3 is 14.2 Å². The van der Waals surface area contributed by atoms with Crippen LogP contribution < -0.4 is 0 Å². The van der Waals surface area contributed by atoms with Crippen LogP contribution in [0.3, 0.4) is 0 Å². The molecule has 0 fully saturated rings. The standard InChI is InChI=1S/C24H42O6/c1-5-7-14-21(6-2)19-30-23(26)15-11-9-8-10-12-17-28-22(25)16-13-18-29-24(27)20(3)4/h21H,3,5-19H2,1-2,4H3. The summed E-state index contributed by atoms with van der Waals surface area (Å²) in [5.74, 6) is -0.307. The maximum Gasteiger partial charge on any atom is 0.333 e. The maximum absolute atomic E-state index is 11.8. The highest BCUT2D eigenvalue weighted by Crippen LogP contribution is 2.14. The molecule has 0 aromatic rings. The number of unbranched alkanes of at least 4 members (excludes halogenated alkanes) is 5. The van der Waals surface area contributed by atoms with Gasteiger partial charge in [-0.3, -0.25) is 9.59 Å². The minimum absolute atomic E-state index is 0.0900. The third-order valence-corrected chi connectivity index (χ3v) is 4.92. The lowest BCUT2D eigenvalue weighted by atomic mass is 10.0. The molecule has 0 bridgehead atoms.